The summed E-state index contributed by atoms with van der Waals surface area (Å²) in [7, 11) is 0. The fourth-order valence-electron chi connectivity index (χ4n) is 2.92. The van der Waals surface area contributed by atoms with Crippen molar-refractivity contribution in [2.45, 2.75) is 98.3 Å². The van der Waals surface area contributed by atoms with Crippen molar-refractivity contribution in [1.82, 2.24) is 0 Å². The van der Waals surface area contributed by atoms with Crippen LogP contribution in [-0.2, 0) is 9.59 Å². The van der Waals surface area contributed by atoms with Gasteiger partial charge >= 0.3 is 11.9 Å². The van der Waals surface area contributed by atoms with E-state index in [9.17, 15) is 9.59 Å². The van der Waals surface area contributed by atoms with Gasteiger partial charge in [0.1, 0.15) is 0 Å². The molecule has 0 aliphatic rings. The largest absolute Gasteiger partial charge is 0.423 e. The minimum atomic E-state index is -0.295. The van der Waals surface area contributed by atoms with Crippen LogP contribution in [0.1, 0.15) is 98.3 Å². The topological polar surface area (TPSA) is 52.6 Å². The normalized spacial score (nSPS) is 11.3. The molecule has 1 aromatic rings. The maximum Gasteiger partial charge on any atom is 0.311 e. The average molecular weight is 391 g/mol. The summed E-state index contributed by atoms with van der Waals surface area (Å²) >= 11 is 0. The number of ether oxygens (including phenoxy) is 2. The molecular formula is C24H38O4. The minimum Gasteiger partial charge on any atom is -0.423 e. The first-order chi connectivity index (χ1) is 13.3. The zero-order valence-electron chi connectivity index (χ0n) is 18.2. The van der Waals surface area contributed by atoms with Gasteiger partial charge in [0.2, 0.25) is 0 Å². The maximum absolute atomic E-state index is 12.1. The molecule has 0 unspecified atom stereocenters. The number of rotatable bonds is 13. The Morgan fingerprint density at radius 2 is 1.21 bits per heavy atom. The second kappa shape index (κ2) is 13.4. The monoisotopic (exact) mass is 390 g/mol. The van der Waals surface area contributed by atoms with Crippen LogP contribution in [0.5, 0.6) is 11.5 Å². The third-order valence-electron chi connectivity index (χ3n) is 4.59. The molecule has 4 heteroatoms. The molecule has 0 saturated carbocycles. The Kier molecular flexibility index (Phi) is 11.5. The van der Waals surface area contributed by atoms with Crippen LogP contribution in [-0.4, -0.2) is 11.9 Å². The van der Waals surface area contributed by atoms with E-state index in [4.69, 9.17) is 9.47 Å². The highest BCUT2D eigenvalue weighted by molar-refractivity contribution is 5.76. The van der Waals surface area contributed by atoms with E-state index in [0.29, 0.717) is 29.8 Å². The summed E-state index contributed by atoms with van der Waals surface area (Å²) in [5, 5.41) is 0. The molecule has 158 valence electrons. The van der Waals surface area contributed by atoms with Crippen molar-refractivity contribution in [2.75, 3.05) is 0 Å². The smallest absolute Gasteiger partial charge is 0.311 e. The highest BCUT2D eigenvalue weighted by Crippen LogP contribution is 2.27. The summed E-state index contributed by atoms with van der Waals surface area (Å²) in [5.74, 6) is 0.0666. The molecule has 0 aromatic heterocycles. The Balaban J connectivity index is 2.26. The molecular weight excluding hydrogens is 352 g/mol. The highest BCUT2D eigenvalue weighted by Gasteiger charge is 2.13. The molecule has 0 atom stereocenters. The molecule has 0 aliphatic heterocycles. The molecule has 0 bridgehead atoms. The van der Waals surface area contributed by atoms with Gasteiger partial charge in [-0.05, 0) is 36.8 Å². The standard InChI is InChI=1S/C24H38O4/c1-5-6-17-22(25)27-20-15-12-13-16-21(20)28-23(26)18-11-9-7-8-10-14-19-24(2,3)4/h12-13,15-16H,5-11,14,17-19H2,1-4H3. The van der Waals surface area contributed by atoms with E-state index in [1.165, 1.54) is 25.7 Å². The second-order valence-electron chi connectivity index (χ2n) is 8.68. The van der Waals surface area contributed by atoms with Crippen LogP contribution >= 0.6 is 0 Å². The SMILES string of the molecule is CCCCC(=O)Oc1ccccc1OC(=O)CCCCCCCCC(C)(C)C. The van der Waals surface area contributed by atoms with Crippen molar-refractivity contribution in [3.8, 4) is 11.5 Å². The average Bonchev–Trinajstić information content (AvgIpc) is 2.63. The van der Waals surface area contributed by atoms with Crippen molar-refractivity contribution in [3.63, 3.8) is 0 Å². The third-order valence-corrected chi connectivity index (χ3v) is 4.59. The van der Waals surface area contributed by atoms with Gasteiger partial charge in [-0.1, -0.05) is 78.4 Å². The first-order valence-corrected chi connectivity index (χ1v) is 10.8. The number of esters is 2. The van der Waals surface area contributed by atoms with Crippen LogP contribution in [0.25, 0.3) is 0 Å². The summed E-state index contributed by atoms with van der Waals surface area (Å²) in [6, 6.07) is 6.85. The molecule has 4 nitrogen and oxygen atoms in total. The Hall–Kier alpha value is -1.84. The summed E-state index contributed by atoms with van der Waals surface area (Å²) in [6.07, 6.45) is 10.5. The van der Waals surface area contributed by atoms with Gasteiger partial charge in [0.15, 0.2) is 11.5 Å². The molecule has 0 fully saturated rings. The predicted octanol–water partition coefficient (Wildman–Crippen LogP) is 6.85. The third kappa shape index (κ3) is 11.8. The molecule has 0 radical (unpaired) electrons. The van der Waals surface area contributed by atoms with Crippen molar-refractivity contribution in [3.05, 3.63) is 24.3 Å². The van der Waals surface area contributed by atoms with Gasteiger partial charge in [-0.15, -0.1) is 0 Å². The second-order valence-corrected chi connectivity index (χ2v) is 8.68. The number of para-hydroxylation sites is 2. The molecule has 0 amide bonds. The number of unbranched alkanes of at least 4 members (excludes halogenated alkanes) is 6. The molecule has 28 heavy (non-hydrogen) atoms. The zero-order valence-corrected chi connectivity index (χ0v) is 18.2. The Morgan fingerprint density at radius 1 is 0.750 bits per heavy atom. The van der Waals surface area contributed by atoms with Crippen LogP contribution < -0.4 is 9.47 Å². The molecule has 1 aromatic carbocycles. The van der Waals surface area contributed by atoms with E-state index in [-0.39, 0.29) is 11.9 Å². The molecule has 0 heterocycles. The number of hydrogen-bond donors (Lipinski definition) is 0. The van der Waals surface area contributed by atoms with Gasteiger partial charge < -0.3 is 9.47 Å². The summed E-state index contributed by atoms with van der Waals surface area (Å²) in [5.41, 5.74) is 0.421. The Morgan fingerprint density at radius 3 is 1.71 bits per heavy atom. The lowest BCUT2D eigenvalue weighted by atomic mass is 9.89. The van der Waals surface area contributed by atoms with Gasteiger partial charge in [-0.25, -0.2) is 0 Å². The lowest BCUT2D eigenvalue weighted by Crippen LogP contribution is -2.11. The summed E-state index contributed by atoms with van der Waals surface area (Å²) in [6.45, 7) is 8.86. The van der Waals surface area contributed by atoms with E-state index in [2.05, 4.69) is 20.8 Å². The van der Waals surface area contributed by atoms with Crippen LogP contribution in [0, 0.1) is 5.41 Å². The molecule has 0 saturated heterocycles. The minimum absolute atomic E-state index is 0.273. The lowest BCUT2D eigenvalue weighted by Gasteiger charge is -2.17. The number of carbonyl (C=O) groups excluding carboxylic acids is 2. The van der Waals surface area contributed by atoms with E-state index < -0.39 is 0 Å². The zero-order chi connectivity index (χ0) is 20.8. The van der Waals surface area contributed by atoms with Gasteiger partial charge in [0.05, 0.1) is 0 Å². The van der Waals surface area contributed by atoms with Crippen LogP contribution in [0.2, 0.25) is 0 Å². The molecule has 1 rings (SSSR count). The summed E-state index contributed by atoms with van der Waals surface area (Å²) < 4.78 is 10.8. The van der Waals surface area contributed by atoms with E-state index >= 15 is 0 Å². The van der Waals surface area contributed by atoms with Gasteiger partial charge in [0.25, 0.3) is 0 Å². The van der Waals surface area contributed by atoms with E-state index in [0.717, 1.165) is 32.1 Å². The molecule has 0 N–H and O–H groups in total. The van der Waals surface area contributed by atoms with E-state index in [1.54, 1.807) is 24.3 Å². The number of carbonyl (C=O) groups is 2. The Labute approximate surface area is 171 Å². The lowest BCUT2D eigenvalue weighted by molar-refractivity contribution is -0.137. The first kappa shape index (κ1) is 24.2. The Bertz CT molecular complexity index is 587. The van der Waals surface area contributed by atoms with Crippen LogP contribution in [0.4, 0.5) is 0 Å². The predicted molar refractivity (Wildman–Crippen MR) is 114 cm³/mol. The number of benzene rings is 1. The van der Waals surface area contributed by atoms with Crippen molar-refractivity contribution in [1.29, 1.82) is 0 Å². The van der Waals surface area contributed by atoms with Gasteiger partial charge in [-0.3, -0.25) is 9.59 Å². The quantitative estimate of drug-likeness (QED) is 0.210. The van der Waals surface area contributed by atoms with Crippen LogP contribution in [0.15, 0.2) is 24.3 Å². The van der Waals surface area contributed by atoms with Crippen molar-refractivity contribution in [2.24, 2.45) is 5.41 Å². The van der Waals surface area contributed by atoms with E-state index in [1.807, 2.05) is 6.92 Å². The van der Waals surface area contributed by atoms with Crippen molar-refractivity contribution < 1.29 is 19.1 Å². The van der Waals surface area contributed by atoms with Crippen LogP contribution in [0.3, 0.4) is 0 Å². The fraction of sp³-hybridized carbons (Fsp3) is 0.667. The van der Waals surface area contributed by atoms with Gasteiger partial charge in [0, 0.05) is 12.8 Å². The van der Waals surface area contributed by atoms with Crippen molar-refractivity contribution >= 4 is 11.9 Å². The summed E-state index contributed by atoms with van der Waals surface area (Å²) in [4.78, 5) is 23.9. The first-order valence-electron chi connectivity index (χ1n) is 10.8. The van der Waals surface area contributed by atoms with Gasteiger partial charge in [-0.2, -0.15) is 0 Å². The maximum atomic E-state index is 12.1. The number of hydrogen-bond acceptors (Lipinski definition) is 4. The molecule has 0 spiro atoms. The fourth-order valence-corrected chi connectivity index (χ4v) is 2.92. The highest BCUT2D eigenvalue weighted by atomic mass is 16.6. The molecule has 0 aliphatic carbocycles.